The van der Waals surface area contributed by atoms with Gasteiger partial charge in [0.2, 0.25) is 5.91 Å². The maximum atomic E-state index is 13.3. The van der Waals surface area contributed by atoms with E-state index in [0.717, 1.165) is 13.0 Å². The summed E-state index contributed by atoms with van der Waals surface area (Å²) in [5.74, 6) is -0.478. The van der Waals surface area contributed by atoms with E-state index in [1.165, 1.54) is 6.07 Å². The molecule has 106 valence electrons. The van der Waals surface area contributed by atoms with E-state index >= 15 is 0 Å². The zero-order valence-corrected chi connectivity index (χ0v) is 11.2. The van der Waals surface area contributed by atoms with Crippen LogP contribution in [-0.4, -0.2) is 42.2 Å². The molecule has 0 fully saturated rings. The SMILES string of the molecule is CCCN(CCO)CC(=O)NCc1ccccc1F. The molecular formula is C14H21FN2O2. The quantitative estimate of drug-likeness (QED) is 0.743. The number of benzene rings is 1. The molecule has 5 heteroatoms. The lowest BCUT2D eigenvalue weighted by Crippen LogP contribution is -2.38. The molecule has 4 nitrogen and oxygen atoms in total. The van der Waals surface area contributed by atoms with E-state index in [1.807, 2.05) is 11.8 Å². The number of hydrogen-bond donors (Lipinski definition) is 2. The first kappa shape index (κ1) is 15.6. The minimum absolute atomic E-state index is 0.0284. The Morgan fingerprint density at radius 2 is 2.11 bits per heavy atom. The average Bonchev–Trinajstić information content (AvgIpc) is 2.38. The highest BCUT2D eigenvalue weighted by molar-refractivity contribution is 5.78. The minimum atomic E-state index is -0.316. The van der Waals surface area contributed by atoms with Crippen LogP contribution in [0.3, 0.4) is 0 Å². The first-order valence-electron chi connectivity index (χ1n) is 6.50. The molecule has 1 amide bonds. The van der Waals surface area contributed by atoms with Gasteiger partial charge in [0.15, 0.2) is 0 Å². The summed E-state index contributed by atoms with van der Waals surface area (Å²) in [5, 5.41) is 11.6. The van der Waals surface area contributed by atoms with Crippen molar-refractivity contribution < 1.29 is 14.3 Å². The normalized spacial score (nSPS) is 10.7. The summed E-state index contributed by atoms with van der Waals surface area (Å²) in [4.78, 5) is 13.6. The molecule has 1 aromatic carbocycles. The predicted molar refractivity (Wildman–Crippen MR) is 72.1 cm³/mol. The lowest BCUT2D eigenvalue weighted by molar-refractivity contribution is -0.122. The summed E-state index contributed by atoms with van der Waals surface area (Å²) in [6.45, 7) is 3.68. The number of halogens is 1. The zero-order valence-electron chi connectivity index (χ0n) is 11.2. The summed E-state index contributed by atoms with van der Waals surface area (Å²) in [7, 11) is 0. The summed E-state index contributed by atoms with van der Waals surface area (Å²) in [6, 6.07) is 6.37. The number of carbonyl (C=O) groups is 1. The predicted octanol–water partition coefficient (Wildman–Crippen LogP) is 1.15. The lowest BCUT2D eigenvalue weighted by Gasteiger charge is -2.19. The minimum Gasteiger partial charge on any atom is -0.395 e. The number of rotatable bonds is 8. The third-order valence-corrected chi connectivity index (χ3v) is 2.76. The second-order valence-corrected chi connectivity index (χ2v) is 4.37. The van der Waals surface area contributed by atoms with Crippen molar-refractivity contribution in [2.24, 2.45) is 0 Å². The molecular weight excluding hydrogens is 247 g/mol. The molecule has 0 atom stereocenters. The lowest BCUT2D eigenvalue weighted by atomic mass is 10.2. The van der Waals surface area contributed by atoms with Crippen molar-refractivity contribution in [2.45, 2.75) is 19.9 Å². The van der Waals surface area contributed by atoms with Crippen LogP contribution in [-0.2, 0) is 11.3 Å². The second-order valence-electron chi connectivity index (χ2n) is 4.37. The molecule has 0 aliphatic heterocycles. The van der Waals surface area contributed by atoms with Crippen LogP contribution in [0.25, 0.3) is 0 Å². The molecule has 0 spiro atoms. The number of amides is 1. The first-order chi connectivity index (χ1) is 9.17. The average molecular weight is 268 g/mol. The van der Waals surface area contributed by atoms with E-state index in [9.17, 15) is 9.18 Å². The van der Waals surface area contributed by atoms with Gasteiger partial charge in [-0.25, -0.2) is 4.39 Å². The van der Waals surface area contributed by atoms with Gasteiger partial charge in [0.05, 0.1) is 13.2 Å². The Hall–Kier alpha value is -1.46. The summed E-state index contributed by atoms with van der Waals surface area (Å²) in [5.41, 5.74) is 0.472. The molecule has 1 rings (SSSR count). The molecule has 0 heterocycles. The van der Waals surface area contributed by atoms with Gasteiger partial charge in [-0.3, -0.25) is 9.69 Å². The van der Waals surface area contributed by atoms with Crippen molar-refractivity contribution in [3.63, 3.8) is 0 Å². The number of nitrogens with one attached hydrogen (secondary N) is 1. The molecule has 0 radical (unpaired) electrons. The fourth-order valence-electron chi connectivity index (χ4n) is 1.82. The van der Waals surface area contributed by atoms with Crippen LogP contribution in [0.2, 0.25) is 0 Å². The zero-order chi connectivity index (χ0) is 14.1. The van der Waals surface area contributed by atoms with Crippen LogP contribution < -0.4 is 5.32 Å². The van der Waals surface area contributed by atoms with Gasteiger partial charge < -0.3 is 10.4 Å². The van der Waals surface area contributed by atoms with E-state index < -0.39 is 0 Å². The van der Waals surface area contributed by atoms with Crippen molar-refractivity contribution in [3.8, 4) is 0 Å². The monoisotopic (exact) mass is 268 g/mol. The Kier molecular flexibility index (Phi) is 7.07. The van der Waals surface area contributed by atoms with E-state index in [-0.39, 0.29) is 31.4 Å². The Morgan fingerprint density at radius 1 is 1.37 bits per heavy atom. The highest BCUT2D eigenvalue weighted by Crippen LogP contribution is 2.05. The topological polar surface area (TPSA) is 52.6 Å². The van der Waals surface area contributed by atoms with Crippen molar-refractivity contribution in [1.29, 1.82) is 0 Å². The van der Waals surface area contributed by atoms with Gasteiger partial charge in [-0.1, -0.05) is 25.1 Å². The van der Waals surface area contributed by atoms with Crippen molar-refractivity contribution in [2.75, 3.05) is 26.2 Å². The second kappa shape index (κ2) is 8.61. The van der Waals surface area contributed by atoms with Gasteiger partial charge in [0.25, 0.3) is 0 Å². The number of nitrogens with zero attached hydrogens (tertiary/aromatic N) is 1. The highest BCUT2D eigenvalue weighted by Gasteiger charge is 2.09. The largest absolute Gasteiger partial charge is 0.395 e. The Labute approximate surface area is 113 Å². The number of aliphatic hydroxyl groups is 1. The van der Waals surface area contributed by atoms with Crippen molar-refractivity contribution in [3.05, 3.63) is 35.6 Å². The van der Waals surface area contributed by atoms with Crippen LogP contribution >= 0.6 is 0 Å². The third-order valence-electron chi connectivity index (χ3n) is 2.76. The molecule has 0 unspecified atom stereocenters. The molecule has 1 aromatic rings. The number of aliphatic hydroxyl groups excluding tert-OH is 1. The summed E-state index contributed by atoms with van der Waals surface area (Å²) in [6.07, 6.45) is 0.917. The smallest absolute Gasteiger partial charge is 0.234 e. The number of carbonyl (C=O) groups excluding carboxylic acids is 1. The van der Waals surface area contributed by atoms with Crippen LogP contribution in [0.5, 0.6) is 0 Å². The van der Waals surface area contributed by atoms with Crippen LogP contribution in [0.4, 0.5) is 4.39 Å². The van der Waals surface area contributed by atoms with Crippen molar-refractivity contribution in [1.82, 2.24) is 10.2 Å². The molecule has 2 N–H and O–H groups in total. The van der Waals surface area contributed by atoms with Gasteiger partial charge in [-0.15, -0.1) is 0 Å². The molecule has 0 aliphatic carbocycles. The van der Waals surface area contributed by atoms with Crippen LogP contribution in [0, 0.1) is 5.82 Å². The molecule has 0 bridgehead atoms. The summed E-state index contributed by atoms with van der Waals surface area (Å²) >= 11 is 0. The fraction of sp³-hybridized carbons (Fsp3) is 0.500. The van der Waals surface area contributed by atoms with E-state index in [0.29, 0.717) is 12.1 Å². The fourth-order valence-corrected chi connectivity index (χ4v) is 1.82. The van der Waals surface area contributed by atoms with Gasteiger partial charge in [0, 0.05) is 18.7 Å². The Morgan fingerprint density at radius 3 is 2.74 bits per heavy atom. The molecule has 19 heavy (non-hydrogen) atoms. The summed E-state index contributed by atoms with van der Waals surface area (Å²) < 4.78 is 13.3. The molecule has 0 aromatic heterocycles. The molecule has 0 saturated carbocycles. The van der Waals surface area contributed by atoms with Gasteiger partial charge >= 0.3 is 0 Å². The van der Waals surface area contributed by atoms with Crippen LogP contribution in [0.1, 0.15) is 18.9 Å². The van der Waals surface area contributed by atoms with E-state index in [4.69, 9.17) is 5.11 Å². The van der Waals surface area contributed by atoms with E-state index in [2.05, 4.69) is 5.32 Å². The third kappa shape index (κ3) is 5.81. The van der Waals surface area contributed by atoms with E-state index in [1.54, 1.807) is 18.2 Å². The number of hydrogen-bond acceptors (Lipinski definition) is 3. The van der Waals surface area contributed by atoms with Crippen molar-refractivity contribution >= 4 is 5.91 Å². The maximum absolute atomic E-state index is 13.3. The molecule has 0 saturated heterocycles. The maximum Gasteiger partial charge on any atom is 0.234 e. The standard InChI is InChI=1S/C14H21FN2O2/c1-2-7-17(8-9-18)11-14(19)16-10-12-5-3-4-6-13(12)15/h3-6,18H,2,7-11H2,1H3,(H,16,19). The highest BCUT2D eigenvalue weighted by atomic mass is 19.1. The van der Waals surface area contributed by atoms with Crippen LogP contribution in [0.15, 0.2) is 24.3 Å². The first-order valence-corrected chi connectivity index (χ1v) is 6.50. The van der Waals surface area contributed by atoms with Gasteiger partial charge in [-0.05, 0) is 19.0 Å². The van der Waals surface area contributed by atoms with Gasteiger partial charge in [-0.2, -0.15) is 0 Å². The van der Waals surface area contributed by atoms with Gasteiger partial charge in [0.1, 0.15) is 5.82 Å². The molecule has 0 aliphatic rings. The Balaban J connectivity index is 2.40. The Bertz CT molecular complexity index is 393.